The summed E-state index contributed by atoms with van der Waals surface area (Å²) in [7, 11) is 0. The van der Waals surface area contributed by atoms with Crippen LogP contribution in [-0.2, 0) is 9.53 Å². The Bertz CT molecular complexity index is 308. The van der Waals surface area contributed by atoms with Crippen molar-refractivity contribution >= 4 is 5.97 Å². The van der Waals surface area contributed by atoms with Crippen molar-refractivity contribution in [1.29, 1.82) is 0 Å². The van der Waals surface area contributed by atoms with E-state index in [0.29, 0.717) is 6.61 Å². The van der Waals surface area contributed by atoms with E-state index in [-0.39, 0.29) is 5.97 Å². The molecule has 0 saturated carbocycles. The van der Waals surface area contributed by atoms with E-state index in [1.807, 2.05) is 13.0 Å². The second-order valence-corrected chi connectivity index (χ2v) is 4.63. The van der Waals surface area contributed by atoms with E-state index >= 15 is 0 Å². The van der Waals surface area contributed by atoms with Gasteiger partial charge in [-0.15, -0.1) is 0 Å². The van der Waals surface area contributed by atoms with Gasteiger partial charge in [0.25, 0.3) is 0 Å². The van der Waals surface area contributed by atoms with Gasteiger partial charge in [0.2, 0.25) is 0 Å². The minimum atomic E-state index is -0.254. The minimum absolute atomic E-state index is 0.254. The second kappa shape index (κ2) is 8.92. The molecule has 18 heavy (non-hydrogen) atoms. The summed E-state index contributed by atoms with van der Waals surface area (Å²) in [4.78, 5) is 13.7. The maximum atomic E-state index is 11.1. The number of hydrogen-bond acceptors (Lipinski definition) is 3. The zero-order chi connectivity index (χ0) is 13.2. The molecule has 0 N–H and O–H groups in total. The summed E-state index contributed by atoms with van der Waals surface area (Å²) in [6, 6.07) is 0. The maximum absolute atomic E-state index is 11.1. The van der Waals surface area contributed by atoms with E-state index in [1.54, 1.807) is 0 Å². The van der Waals surface area contributed by atoms with Crippen molar-refractivity contribution < 1.29 is 9.53 Å². The Morgan fingerprint density at radius 1 is 1.33 bits per heavy atom. The first-order valence-electron chi connectivity index (χ1n) is 7.01. The lowest BCUT2D eigenvalue weighted by Crippen LogP contribution is -2.25. The third kappa shape index (κ3) is 6.01. The highest BCUT2D eigenvalue weighted by Crippen LogP contribution is 2.16. The van der Waals surface area contributed by atoms with Crippen LogP contribution in [0.15, 0.2) is 23.8 Å². The molecule has 1 aliphatic heterocycles. The maximum Gasteiger partial charge on any atom is 0.330 e. The van der Waals surface area contributed by atoms with Gasteiger partial charge >= 0.3 is 5.97 Å². The molecule has 1 aliphatic rings. The SMILES string of the molecule is CCCN1CCCC(=CC=CC(=O)OCC)CC1. The van der Waals surface area contributed by atoms with Crippen molar-refractivity contribution in [3.05, 3.63) is 23.8 Å². The Morgan fingerprint density at radius 3 is 2.89 bits per heavy atom. The van der Waals surface area contributed by atoms with E-state index in [2.05, 4.69) is 17.9 Å². The largest absolute Gasteiger partial charge is 0.463 e. The molecule has 0 unspecified atom stereocenters. The van der Waals surface area contributed by atoms with Crippen LogP contribution in [0.5, 0.6) is 0 Å². The first kappa shape index (κ1) is 15.0. The van der Waals surface area contributed by atoms with Gasteiger partial charge in [-0.25, -0.2) is 4.79 Å². The van der Waals surface area contributed by atoms with Crippen LogP contribution in [0.3, 0.4) is 0 Å². The molecule has 0 aromatic carbocycles. The Labute approximate surface area is 110 Å². The lowest BCUT2D eigenvalue weighted by atomic mass is 10.1. The molecule has 0 spiro atoms. The van der Waals surface area contributed by atoms with E-state index in [4.69, 9.17) is 4.74 Å². The first-order valence-corrected chi connectivity index (χ1v) is 7.01. The predicted octanol–water partition coefficient (Wildman–Crippen LogP) is 2.93. The quantitative estimate of drug-likeness (QED) is 0.556. The minimum Gasteiger partial charge on any atom is -0.463 e. The number of allylic oxidation sites excluding steroid dienone is 2. The van der Waals surface area contributed by atoms with Crippen LogP contribution in [0.25, 0.3) is 0 Å². The van der Waals surface area contributed by atoms with Gasteiger partial charge in [0.05, 0.1) is 6.61 Å². The molecule has 0 amide bonds. The van der Waals surface area contributed by atoms with Gasteiger partial charge in [-0.1, -0.05) is 24.6 Å². The summed E-state index contributed by atoms with van der Waals surface area (Å²) in [5.41, 5.74) is 1.44. The molecule has 1 rings (SSSR count). The van der Waals surface area contributed by atoms with Crippen molar-refractivity contribution in [2.75, 3.05) is 26.2 Å². The highest BCUT2D eigenvalue weighted by molar-refractivity contribution is 5.82. The van der Waals surface area contributed by atoms with Gasteiger partial charge in [-0.05, 0) is 45.7 Å². The number of esters is 1. The number of carbonyl (C=O) groups is 1. The fourth-order valence-corrected chi connectivity index (χ4v) is 2.23. The molecular formula is C15H25NO2. The van der Waals surface area contributed by atoms with E-state index in [9.17, 15) is 4.79 Å². The summed E-state index contributed by atoms with van der Waals surface area (Å²) >= 11 is 0. The highest BCUT2D eigenvalue weighted by Gasteiger charge is 2.10. The monoisotopic (exact) mass is 251 g/mol. The van der Waals surface area contributed by atoms with Gasteiger partial charge in [-0.3, -0.25) is 0 Å². The van der Waals surface area contributed by atoms with E-state index in [0.717, 1.165) is 19.4 Å². The molecule has 102 valence electrons. The van der Waals surface area contributed by atoms with Crippen molar-refractivity contribution in [2.45, 2.75) is 39.5 Å². The Kier molecular flexibility index (Phi) is 7.42. The van der Waals surface area contributed by atoms with E-state index < -0.39 is 0 Å². The van der Waals surface area contributed by atoms with Crippen molar-refractivity contribution in [3.63, 3.8) is 0 Å². The third-order valence-corrected chi connectivity index (χ3v) is 3.11. The average molecular weight is 251 g/mol. The number of hydrogen-bond donors (Lipinski definition) is 0. The van der Waals surface area contributed by atoms with Crippen molar-refractivity contribution in [1.82, 2.24) is 4.90 Å². The fraction of sp³-hybridized carbons (Fsp3) is 0.667. The summed E-state index contributed by atoms with van der Waals surface area (Å²) in [5.74, 6) is -0.254. The van der Waals surface area contributed by atoms with Crippen LogP contribution in [0, 0.1) is 0 Å². The number of likely N-dealkylation sites (tertiary alicyclic amines) is 1. The van der Waals surface area contributed by atoms with Crippen LogP contribution in [0.4, 0.5) is 0 Å². The number of carbonyl (C=O) groups excluding carboxylic acids is 1. The van der Waals surface area contributed by atoms with Gasteiger partial charge in [0, 0.05) is 12.6 Å². The van der Waals surface area contributed by atoms with Gasteiger partial charge < -0.3 is 9.64 Å². The van der Waals surface area contributed by atoms with Gasteiger partial charge in [0.1, 0.15) is 0 Å². The molecule has 0 aromatic rings. The summed E-state index contributed by atoms with van der Waals surface area (Å²) in [5, 5.41) is 0. The standard InChI is InChI=1S/C15H25NO2/c1-3-11-16-12-6-8-14(10-13-16)7-5-9-15(17)18-4-2/h5,7,9H,3-4,6,8,10-13H2,1-2H3. The summed E-state index contributed by atoms with van der Waals surface area (Å²) in [6.07, 6.45) is 10.1. The predicted molar refractivity (Wildman–Crippen MR) is 74.4 cm³/mol. The smallest absolute Gasteiger partial charge is 0.330 e. The molecule has 3 nitrogen and oxygen atoms in total. The first-order chi connectivity index (χ1) is 8.76. The fourth-order valence-electron chi connectivity index (χ4n) is 2.23. The van der Waals surface area contributed by atoms with Crippen LogP contribution < -0.4 is 0 Å². The van der Waals surface area contributed by atoms with Gasteiger partial charge in [0.15, 0.2) is 0 Å². The molecular weight excluding hydrogens is 226 g/mol. The summed E-state index contributed by atoms with van der Waals surface area (Å²) in [6.45, 7) is 8.03. The normalized spacial score (nSPS) is 20.2. The number of ether oxygens (including phenoxy) is 1. The van der Waals surface area contributed by atoms with Crippen LogP contribution >= 0.6 is 0 Å². The van der Waals surface area contributed by atoms with Crippen LogP contribution in [0.1, 0.15) is 39.5 Å². The molecule has 1 heterocycles. The average Bonchev–Trinajstić information content (AvgIpc) is 2.56. The van der Waals surface area contributed by atoms with Crippen molar-refractivity contribution in [2.24, 2.45) is 0 Å². The highest BCUT2D eigenvalue weighted by atomic mass is 16.5. The lowest BCUT2D eigenvalue weighted by molar-refractivity contribution is -0.137. The number of nitrogens with zero attached hydrogens (tertiary/aromatic N) is 1. The summed E-state index contributed by atoms with van der Waals surface area (Å²) < 4.78 is 4.84. The van der Waals surface area contributed by atoms with Crippen molar-refractivity contribution in [3.8, 4) is 0 Å². The Hall–Kier alpha value is -1.09. The molecule has 0 aromatic heterocycles. The molecule has 0 radical (unpaired) electrons. The third-order valence-electron chi connectivity index (χ3n) is 3.11. The zero-order valence-corrected chi connectivity index (χ0v) is 11.7. The molecule has 3 heteroatoms. The van der Waals surface area contributed by atoms with Crippen LogP contribution in [-0.4, -0.2) is 37.1 Å². The van der Waals surface area contributed by atoms with Gasteiger partial charge in [-0.2, -0.15) is 0 Å². The molecule has 1 fully saturated rings. The zero-order valence-electron chi connectivity index (χ0n) is 11.7. The Balaban J connectivity index is 2.40. The Morgan fingerprint density at radius 2 is 2.17 bits per heavy atom. The second-order valence-electron chi connectivity index (χ2n) is 4.63. The van der Waals surface area contributed by atoms with E-state index in [1.165, 1.54) is 37.6 Å². The molecule has 1 saturated heterocycles. The molecule has 0 aliphatic carbocycles. The molecule has 0 bridgehead atoms. The molecule has 0 atom stereocenters. The van der Waals surface area contributed by atoms with Crippen LogP contribution in [0.2, 0.25) is 0 Å². The lowest BCUT2D eigenvalue weighted by Gasteiger charge is -2.17. The topological polar surface area (TPSA) is 29.5 Å². The number of rotatable bonds is 5.